The molecule has 0 spiro atoms. The van der Waals surface area contributed by atoms with Gasteiger partial charge in [0.1, 0.15) is 0 Å². The maximum Gasteiger partial charge on any atom is 0.258 e. The van der Waals surface area contributed by atoms with E-state index >= 15 is 0 Å². The van der Waals surface area contributed by atoms with Crippen LogP contribution in [0.4, 0.5) is 5.69 Å². The molecule has 0 heterocycles. The van der Waals surface area contributed by atoms with Crippen LogP contribution < -0.4 is 10.6 Å². The second-order valence-corrected chi connectivity index (χ2v) is 6.58. The summed E-state index contributed by atoms with van der Waals surface area (Å²) in [6.07, 6.45) is 1.10. The SMILES string of the molecule is CCC(C)c1ccc(NC(=S)NC(=O)c2ccccc2Br)cc1. The fourth-order valence-corrected chi connectivity index (χ4v) is 2.78. The first-order chi connectivity index (χ1) is 11.0. The van der Waals surface area contributed by atoms with Gasteiger partial charge in [-0.3, -0.25) is 10.1 Å². The van der Waals surface area contributed by atoms with Crippen molar-refractivity contribution >= 4 is 44.9 Å². The molecule has 3 nitrogen and oxygen atoms in total. The molecule has 2 rings (SSSR count). The van der Waals surface area contributed by atoms with Crippen LogP contribution in [0.3, 0.4) is 0 Å². The number of hydrogen-bond acceptors (Lipinski definition) is 2. The minimum absolute atomic E-state index is 0.244. The molecule has 1 unspecified atom stereocenters. The molecule has 0 aliphatic rings. The van der Waals surface area contributed by atoms with Crippen LogP contribution in [0, 0.1) is 0 Å². The molecule has 0 fully saturated rings. The Labute approximate surface area is 150 Å². The van der Waals surface area contributed by atoms with Crippen molar-refractivity contribution in [1.29, 1.82) is 0 Å². The fourth-order valence-electron chi connectivity index (χ4n) is 2.11. The van der Waals surface area contributed by atoms with Crippen LogP contribution in [-0.4, -0.2) is 11.0 Å². The Bertz CT molecular complexity index is 700. The van der Waals surface area contributed by atoms with Crippen LogP contribution in [0.15, 0.2) is 53.0 Å². The number of nitrogens with one attached hydrogen (secondary N) is 2. The van der Waals surface area contributed by atoms with Gasteiger partial charge in [-0.1, -0.05) is 38.1 Å². The summed E-state index contributed by atoms with van der Waals surface area (Å²) in [6, 6.07) is 15.3. The van der Waals surface area contributed by atoms with E-state index in [2.05, 4.69) is 52.5 Å². The van der Waals surface area contributed by atoms with Crippen molar-refractivity contribution < 1.29 is 4.79 Å². The molecule has 0 saturated heterocycles. The van der Waals surface area contributed by atoms with Crippen molar-refractivity contribution in [3.8, 4) is 0 Å². The van der Waals surface area contributed by atoms with E-state index in [1.54, 1.807) is 6.07 Å². The van der Waals surface area contributed by atoms with Gasteiger partial charge in [0.25, 0.3) is 5.91 Å². The monoisotopic (exact) mass is 390 g/mol. The molecular weight excluding hydrogens is 372 g/mol. The van der Waals surface area contributed by atoms with E-state index in [-0.39, 0.29) is 11.0 Å². The minimum atomic E-state index is -0.244. The van der Waals surface area contributed by atoms with Crippen LogP contribution in [0.1, 0.15) is 42.1 Å². The zero-order valence-electron chi connectivity index (χ0n) is 13.1. The maximum absolute atomic E-state index is 12.2. The van der Waals surface area contributed by atoms with Gasteiger partial charge in [-0.25, -0.2) is 0 Å². The predicted octanol–water partition coefficient (Wildman–Crippen LogP) is 5.09. The molecule has 0 aromatic heterocycles. The number of carbonyl (C=O) groups excluding carboxylic acids is 1. The van der Waals surface area contributed by atoms with E-state index in [9.17, 15) is 4.79 Å². The summed E-state index contributed by atoms with van der Waals surface area (Å²) >= 11 is 8.56. The molecule has 5 heteroatoms. The Balaban J connectivity index is 1.97. The van der Waals surface area contributed by atoms with Gasteiger partial charge < -0.3 is 5.32 Å². The molecular formula is C18H19BrN2OS. The molecule has 120 valence electrons. The first kappa shape index (κ1) is 17.6. The highest BCUT2D eigenvalue weighted by molar-refractivity contribution is 9.10. The summed E-state index contributed by atoms with van der Waals surface area (Å²) in [7, 11) is 0. The Kier molecular flexibility index (Phi) is 6.30. The number of halogens is 1. The lowest BCUT2D eigenvalue weighted by molar-refractivity contribution is 0.0977. The van der Waals surface area contributed by atoms with Crippen molar-refractivity contribution in [3.63, 3.8) is 0 Å². The summed E-state index contributed by atoms with van der Waals surface area (Å²) in [4.78, 5) is 12.2. The third-order valence-corrected chi connectivity index (χ3v) is 4.59. The van der Waals surface area contributed by atoms with E-state index in [0.717, 1.165) is 16.6 Å². The number of amides is 1. The van der Waals surface area contributed by atoms with Crippen molar-refractivity contribution in [2.75, 3.05) is 5.32 Å². The van der Waals surface area contributed by atoms with Gasteiger partial charge in [-0.2, -0.15) is 0 Å². The first-order valence-electron chi connectivity index (χ1n) is 7.48. The van der Waals surface area contributed by atoms with Gasteiger partial charge in [-0.15, -0.1) is 0 Å². The van der Waals surface area contributed by atoms with Crippen molar-refractivity contribution in [2.45, 2.75) is 26.2 Å². The lowest BCUT2D eigenvalue weighted by atomic mass is 9.99. The van der Waals surface area contributed by atoms with Gasteiger partial charge in [0.15, 0.2) is 5.11 Å². The second-order valence-electron chi connectivity index (χ2n) is 5.32. The Morgan fingerprint density at radius 1 is 1.17 bits per heavy atom. The molecule has 23 heavy (non-hydrogen) atoms. The van der Waals surface area contributed by atoms with E-state index in [1.165, 1.54) is 5.56 Å². The van der Waals surface area contributed by atoms with Crippen LogP contribution in [0.5, 0.6) is 0 Å². The fraction of sp³-hybridized carbons (Fsp3) is 0.222. The second kappa shape index (κ2) is 8.22. The topological polar surface area (TPSA) is 41.1 Å². The van der Waals surface area contributed by atoms with Gasteiger partial charge in [-0.05, 0) is 70.3 Å². The highest BCUT2D eigenvalue weighted by Gasteiger charge is 2.11. The summed E-state index contributed by atoms with van der Waals surface area (Å²) < 4.78 is 0.734. The third kappa shape index (κ3) is 4.88. The quantitative estimate of drug-likeness (QED) is 0.714. The summed E-state index contributed by atoms with van der Waals surface area (Å²) in [5.74, 6) is 0.289. The van der Waals surface area contributed by atoms with Crippen LogP contribution in [0.2, 0.25) is 0 Å². The maximum atomic E-state index is 12.2. The molecule has 0 radical (unpaired) electrons. The number of rotatable bonds is 4. The van der Waals surface area contributed by atoms with Crippen molar-refractivity contribution in [1.82, 2.24) is 5.32 Å². The normalized spacial score (nSPS) is 11.6. The average Bonchev–Trinajstić information content (AvgIpc) is 2.55. The van der Waals surface area contributed by atoms with Gasteiger partial charge >= 0.3 is 0 Å². The molecule has 0 aliphatic heterocycles. The van der Waals surface area contributed by atoms with Gasteiger partial charge in [0.05, 0.1) is 5.56 Å². The lowest BCUT2D eigenvalue weighted by Crippen LogP contribution is -2.34. The molecule has 0 saturated carbocycles. The molecule has 2 aromatic carbocycles. The Morgan fingerprint density at radius 2 is 1.83 bits per heavy atom. The van der Waals surface area contributed by atoms with Gasteiger partial charge in [0, 0.05) is 10.2 Å². The standard InChI is InChI=1S/C18H19BrN2OS/c1-3-12(2)13-8-10-14(11-9-13)20-18(23)21-17(22)15-6-4-5-7-16(15)19/h4-12H,3H2,1-2H3,(H2,20,21,22,23). The highest BCUT2D eigenvalue weighted by Crippen LogP contribution is 2.20. The first-order valence-corrected chi connectivity index (χ1v) is 8.68. The minimum Gasteiger partial charge on any atom is -0.332 e. The number of anilines is 1. The highest BCUT2D eigenvalue weighted by atomic mass is 79.9. The molecule has 1 atom stereocenters. The van der Waals surface area contributed by atoms with Crippen molar-refractivity contribution in [3.05, 3.63) is 64.1 Å². The largest absolute Gasteiger partial charge is 0.332 e. The third-order valence-electron chi connectivity index (χ3n) is 3.70. The van der Waals surface area contributed by atoms with E-state index < -0.39 is 0 Å². The summed E-state index contributed by atoms with van der Waals surface area (Å²) in [5.41, 5.74) is 2.69. The van der Waals surface area contributed by atoms with E-state index in [1.807, 2.05) is 30.3 Å². The number of thiocarbonyl (C=S) groups is 1. The predicted molar refractivity (Wildman–Crippen MR) is 103 cm³/mol. The smallest absolute Gasteiger partial charge is 0.258 e. The molecule has 1 amide bonds. The van der Waals surface area contributed by atoms with Gasteiger partial charge in [0.2, 0.25) is 0 Å². The number of benzene rings is 2. The van der Waals surface area contributed by atoms with Crippen LogP contribution >= 0.6 is 28.1 Å². The zero-order chi connectivity index (χ0) is 16.8. The summed E-state index contributed by atoms with van der Waals surface area (Å²) in [5, 5.41) is 6.00. The van der Waals surface area contributed by atoms with Crippen LogP contribution in [0.25, 0.3) is 0 Å². The zero-order valence-corrected chi connectivity index (χ0v) is 15.5. The van der Waals surface area contributed by atoms with E-state index in [0.29, 0.717) is 11.5 Å². The Hall–Kier alpha value is -1.72. The molecule has 0 aliphatic carbocycles. The summed E-state index contributed by atoms with van der Waals surface area (Å²) in [6.45, 7) is 4.37. The van der Waals surface area contributed by atoms with E-state index in [4.69, 9.17) is 12.2 Å². The Morgan fingerprint density at radius 3 is 2.43 bits per heavy atom. The average molecular weight is 391 g/mol. The molecule has 2 aromatic rings. The number of hydrogen-bond donors (Lipinski definition) is 2. The molecule has 0 bridgehead atoms. The number of carbonyl (C=O) groups is 1. The molecule has 2 N–H and O–H groups in total. The lowest BCUT2D eigenvalue weighted by Gasteiger charge is -2.12. The van der Waals surface area contributed by atoms with Crippen molar-refractivity contribution in [2.24, 2.45) is 0 Å². The van der Waals surface area contributed by atoms with Crippen LogP contribution in [-0.2, 0) is 0 Å².